The van der Waals surface area contributed by atoms with Crippen LogP contribution in [0, 0.1) is 0 Å². The second kappa shape index (κ2) is 4.91. The van der Waals surface area contributed by atoms with Gasteiger partial charge in [-0.1, -0.05) is 6.42 Å². The van der Waals surface area contributed by atoms with Crippen LogP contribution in [0.2, 0.25) is 0 Å². The summed E-state index contributed by atoms with van der Waals surface area (Å²) < 4.78 is 5.06. The molecule has 1 rings (SSSR count). The summed E-state index contributed by atoms with van der Waals surface area (Å²) in [4.78, 5) is 20.8. The van der Waals surface area contributed by atoms with Crippen molar-refractivity contribution in [3.8, 4) is 0 Å². The highest BCUT2D eigenvalue weighted by molar-refractivity contribution is 5.83. The number of esters is 1. The largest absolute Gasteiger partial charge is 0.462 e. The zero-order valence-corrected chi connectivity index (χ0v) is 7.12. The van der Waals surface area contributed by atoms with Crippen LogP contribution >= 0.6 is 0 Å². The van der Waals surface area contributed by atoms with Gasteiger partial charge in [0.25, 0.3) is 0 Å². The summed E-state index contributed by atoms with van der Waals surface area (Å²) in [5.74, 6) is -0.378. The van der Waals surface area contributed by atoms with Crippen molar-refractivity contribution in [3.63, 3.8) is 0 Å². The van der Waals surface area contributed by atoms with Crippen molar-refractivity contribution in [2.24, 2.45) is 0 Å². The van der Waals surface area contributed by atoms with Crippen LogP contribution in [-0.4, -0.2) is 18.4 Å². The van der Waals surface area contributed by atoms with E-state index in [1.54, 1.807) is 0 Å². The van der Waals surface area contributed by atoms with Gasteiger partial charge in [0, 0.05) is 0 Å². The van der Waals surface area contributed by atoms with Crippen LogP contribution in [-0.2, 0) is 14.3 Å². The van der Waals surface area contributed by atoms with Crippen molar-refractivity contribution in [1.82, 2.24) is 0 Å². The van der Waals surface area contributed by atoms with Gasteiger partial charge in [0.2, 0.25) is 0 Å². The van der Waals surface area contributed by atoms with Crippen molar-refractivity contribution in [2.45, 2.75) is 44.6 Å². The minimum absolute atomic E-state index is 0.0752. The van der Waals surface area contributed by atoms with Crippen molar-refractivity contribution < 1.29 is 14.3 Å². The first-order chi connectivity index (χ1) is 5.83. The molecule has 3 heteroatoms. The molecule has 0 aromatic heterocycles. The van der Waals surface area contributed by atoms with Crippen LogP contribution in [0.25, 0.3) is 0 Å². The number of rotatable bonds is 3. The fourth-order valence-electron chi connectivity index (χ4n) is 1.49. The molecule has 0 N–H and O–H groups in total. The number of carbonyl (C=O) groups is 2. The number of carbonyl (C=O) groups excluding carboxylic acids is 2. The molecule has 1 aliphatic carbocycles. The van der Waals surface area contributed by atoms with Gasteiger partial charge in [0.05, 0.1) is 0 Å². The molecular weight excluding hydrogens is 156 g/mol. The van der Waals surface area contributed by atoms with Gasteiger partial charge in [0.15, 0.2) is 0 Å². The molecule has 3 nitrogen and oxygen atoms in total. The monoisotopic (exact) mass is 170 g/mol. The molecule has 0 heterocycles. The highest BCUT2D eigenvalue weighted by atomic mass is 16.5. The van der Waals surface area contributed by atoms with E-state index in [-0.39, 0.29) is 18.5 Å². The summed E-state index contributed by atoms with van der Waals surface area (Å²) in [5.41, 5.74) is 0. The number of aldehydes is 1. The lowest BCUT2D eigenvalue weighted by atomic mass is 9.98. The molecule has 0 aromatic carbocycles. The average Bonchev–Trinajstić information content (AvgIpc) is 2.06. The molecule has 1 saturated carbocycles. The molecule has 1 aliphatic rings. The van der Waals surface area contributed by atoms with E-state index in [1.807, 2.05) is 0 Å². The van der Waals surface area contributed by atoms with E-state index in [9.17, 15) is 9.59 Å². The molecule has 0 spiro atoms. The standard InChI is InChI=1S/C9H14O3/c10-7-6-9(11)12-8-4-2-1-3-5-8/h7-8H,1-6H2. The molecule has 0 saturated heterocycles. The molecule has 0 amide bonds. The second-order valence-electron chi connectivity index (χ2n) is 3.12. The minimum atomic E-state index is -0.378. The highest BCUT2D eigenvalue weighted by Crippen LogP contribution is 2.20. The Morgan fingerprint density at radius 1 is 1.33 bits per heavy atom. The van der Waals surface area contributed by atoms with Crippen molar-refractivity contribution >= 4 is 12.3 Å². The van der Waals surface area contributed by atoms with Crippen molar-refractivity contribution in [3.05, 3.63) is 0 Å². The van der Waals surface area contributed by atoms with E-state index in [1.165, 1.54) is 6.42 Å². The Bertz CT molecular complexity index is 159. The first-order valence-electron chi connectivity index (χ1n) is 4.46. The summed E-state index contributed by atoms with van der Waals surface area (Å²) in [6.45, 7) is 0. The lowest BCUT2D eigenvalue weighted by Crippen LogP contribution is -2.20. The van der Waals surface area contributed by atoms with Gasteiger partial charge in [-0.3, -0.25) is 4.79 Å². The summed E-state index contributed by atoms with van der Waals surface area (Å²) in [6, 6.07) is 0. The van der Waals surface area contributed by atoms with Crippen LogP contribution < -0.4 is 0 Å². The van der Waals surface area contributed by atoms with Gasteiger partial charge < -0.3 is 9.53 Å². The van der Waals surface area contributed by atoms with Crippen LogP contribution in [0.15, 0.2) is 0 Å². The summed E-state index contributed by atoms with van der Waals surface area (Å²) in [5, 5.41) is 0. The maximum absolute atomic E-state index is 10.9. The van der Waals surface area contributed by atoms with E-state index < -0.39 is 0 Å². The maximum Gasteiger partial charge on any atom is 0.313 e. The fraction of sp³-hybridized carbons (Fsp3) is 0.778. The van der Waals surface area contributed by atoms with Gasteiger partial charge in [-0.25, -0.2) is 0 Å². The molecule has 68 valence electrons. The Balaban J connectivity index is 2.19. The third-order valence-electron chi connectivity index (χ3n) is 2.10. The Kier molecular flexibility index (Phi) is 3.77. The quantitative estimate of drug-likeness (QED) is 0.366. The molecular formula is C9H14O3. The van der Waals surface area contributed by atoms with Crippen LogP contribution in [0.5, 0.6) is 0 Å². The maximum atomic E-state index is 10.9. The SMILES string of the molecule is O=CCC(=O)OC1CCCCC1. The third kappa shape index (κ3) is 3.03. The molecule has 1 fully saturated rings. The van der Waals surface area contributed by atoms with Gasteiger partial charge in [-0.2, -0.15) is 0 Å². The molecule has 0 unspecified atom stereocenters. The van der Waals surface area contributed by atoms with Gasteiger partial charge in [0.1, 0.15) is 18.8 Å². The Morgan fingerprint density at radius 3 is 2.58 bits per heavy atom. The normalized spacial score (nSPS) is 18.7. The Morgan fingerprint density at radius 2 is 2.00 bits per heavy atom. The van der Waals surface area contributed by atoms with Crippen LogP contribution in [0.4, 0.5) is 0 Å². The molecule has 12 heavy (non-hydrogen) atoms. The predicted molar refractivity (Wildman–Crippen MR) is 43.6 cm³/mol. The van der Waals surface area contributed by atoms with E-state index in [4.69, 9.17) is 4.74 Å². The lowest BCUT2D eigenvalue weighted by Gasteiger charge is -2.21. The van der Waals surface area contributed by atoms with E-state index >= 15 is 0 Å². The zero-order chi connectivity index (χ0) is 8.81. The van der Waals surface area contributed by atoms with Crippen molar-refractivity contribution in [2.75, 3.05) is 0 Å². The topological polar surface area (TPSA) is 43.4 Å². The smallest absolute Gasteiger partial charge is 0.313 e. The zero-order valence-electron chi connectivity index (χ0n) is 7.12. The number of hydrogen-bond acceptors (Lipinski definition) is 3. The van der Waals surface area contributed by atoms with E-state index in [0.717, 1.165) is 25.7 Å². The van der Waals surface area contributed by atoms with Gasteiger partial charge >= 0.3 is 5.97 Å². The Hall–Kier alpha value is -0.860. The van der Waals surface area contributed by atoms with E-state index in [2.05, 4.69) is 0 Å². The van der Waals surface area contributed by atoms with Crippen molar-refractivity contribution in [1.29, 1.82) is 0 Å². The van der Waals surface area contributed by atoms with Crippen LogP contribution in [0.3, 0.4) is 0 Å². The number of ether oxygens (including phenoxy) is 1. The fourth-order valence-corrected chi connectivity index (χ4v) is 1.49. The van der Waals surface area contributed by atoms with Gasteiger partial charge in [-0.05, 0) is 25.7 Å². The highest BCUT2D eigenvalue weighted by Gasteiger charge is 2.16. The lowest BCUT2D eigenvalue weighted by molar-refractivity contribution is -0.150. The predicted octanol–water partition coefficient (Wildman–Crippen LogP) is 1.45. The summed E-state index contributed by atoms with van der Waals surface area (Å²) in [7, 11) is 0. The average molecular weight is 170 g/mol. The second-order valence-corrected chi connectivity index (χ2v) is 3.12. The van der Waals surface area contributed by atoms with Crippen LogP contribution in [0.1, 0.15) is 38.5 Å². The third-order valence-corrected chi connectivity index (χ3v) is 2.10. The molecule has 0 radical (unpaired) electrons. The summed E-state index contributed by atoms with van der Waals surface area (Å²) >= 11 is 0. The molecule has 0 aromatic rings. The Labute approximate surface area is 72.1 Å². The summed E-state index contributed by atoms with van der Waals surface area (Å²) in [6.07, 6.45) is 6.00. The first kappa shape index (κ1) is 9.23. The molecule has 0 atom stereocenters. The number of hydrogen-bond donors (Lipinski definition) is 0. The first-order valence-corrected chi connectivity index (χ1v) is 4.46. The molecule has 0 bridgehead atoms. The molecule has 0 aliphatic heterocycles. The van der Waals surface area contributed by atoms with E-state index in [0.29, 0.717) is 6.29 Å². The minimum Gasteiger partial charge on any atom is -0.462 e. The van der Waals surface area contributed by atoms with Gasteiger partial charge in [-0.15, -0.1) is 0 Å².